The monoisotopic (exact) mass is 490 g/mol. The van der Waals surface area contributed by atoms with Crippen molar-refractivity contribution in [1.29, 1.82) is 0 Å². The Balaban J connectivity index is 2.50. The lowest BCUT2D eigenvalue weighted by Gasteiger charge is -2.28. The van der Waals surface area contributed by atoms with Crippen LogP contribution in [0.5, 0.6) is 11.5 Å². The van der Waals surface area contributed by atoms with Crippen LogP contribution in [0.4, 0.5) is 5.69 Å². The molecule has 0 bridgehead atoms. The van der Waals surface area contributed by atoms with Gasteiger partial charge in [0, 0.05) is 49.4 Å². The van der Waals surface area contributed by atoms with Crippen molar-refractivity contribution >= 4 is 21.7 Å². The van der Waals surface area contributed by atoms with Crippen LogP contribution in [0.25, 0.3) is 0 Å². The van der Waals surface area contributed by atoms with Gasteiger partial charge in [-0.2, -0.15) is 8.42 Å². The molecular formula is C26H38N2O5S. The van der Waals surface area contributed by atoms with Gasteiger partial charge in [0.1, 0.15) is 16.4 Å². The third-order valence-electron chi connectivity index (χ3n) is 5.48. The predicted octanol–water partition coefficient (Wildman–Crippen LogP) is 4.95. The van der Waals surface area contributed by atoms with Gasteiger partial charge in [0.25, 0.3) is 0 Å². The molecule has 0 radical (unpaired) electrons. The molecule has 8 heteroatoms. The maximum absolute atomic E-state index is 13.1. The first-order chi connectivity index (χ1) is 16.0. The normalized spacial score (nSPS) is 11.6. The quantitative estimate of drug-likeness (QED) is 0.392. The first-order valence-electron chi connectivity index (χ1n) is 11.8. The average molecular weight is 491 g/mol. The summed E-state index contributed by atoms with van der Waals surface area (Å²) in [5, 5.41) is 0. The first-order valence-corrected chi connectivity index (χ1v) is 13.2. The number of amides is 1. The number of carbonyl (C=O) groups excluding carboxylic acids is 1. The summed E-state index contributed by atoms with van der Waals surface area (Å²) >= 11 is 0. The van der Waals surface area contributed by atoms with Gasteiger partial charge in [0.15, 0.2) is 0 Å². The number of anilines is 1. The van der Waals surface area contributed by atoms with Crippen molar-refractivity contribution in [3.8, 4) is 11.5 Å². The first kappa shape index (κ1) is 27.5. The molecule has 7 nitrogen and oxygen atoms in total. The fourth-order valence-corrected chi connectivity index (χ4v) is 4.65. The van der Waals surface area contributed by atoms with Crippen LogP contribution in [0.1, 0.15) is 47.1 Å². The molecule has 34 heavy (non-hydrogen) atoms. The standard InChI is InChI=1S/C26H38N2O5S/c1-8-27(9-2)22-11-10-21(18-28(17-19(3)4)26(29)20(5)6)25(16-22)33-34(30,31)24-14-12-23(32-7)13-15-24/h10-16,19-20H,8-9,17-18H2,1-7H3. The highest BCUT2D eigenvalue weighted by atomic mass is 32.2. The van der Waals surface area contributed by atoms with Crippen molar-refractivity contribution in [2.24, 2.45) is 11.8 Å². The van der Waals surface area contributed by atoms with Crippen LogP contribution in [-0.2, 0) is 21.5 Å². The minimum atomic E-state index is -4.09. The number of ether oxygens (including phenoxy) is 1. The van der Waals surface area contributed by atoms with E-state index in [1.165, 1.54) is 19.2 Å². The zero-order valence-corrected chi connectivity index (χ0v) is 22.2. The van der Waals surface area contributed by atoms with E-state index in [0.717, 1.165) is 18.8 Å². The van der Waals surface area contributed by atoms with Crippen molar-refractivity contribution < 1.29 is 22.1 Å². The zero-order chi connectivity index (χ0) is 25.5. The number of hydrogen-bond acceptors (Lipinski definition) is 6. The van der Waals surface area contributed by atoms with Crippen LogP contribution in [0, 0.1) is 11.8 Å². The molecule has 0 aromatic heterocycles. The van der Waals surface area contributed by atoms with Gasteiger partial charge in [0.2, 0.25) is 5.91 Å². The molecule has 0 aliphatic rings. The molecule has 0 N–H and O–H groups in total. The van der Waals surface area contributed by atoms with Crippen molar-refractivity contribution in [3.63, 3.8) is 0 Å². The Bertz CT molecular complexity index is 1050. The minimum Gasteiger partial charge on any atom is -0.497 e. The lowest BCUT2D eigenvalue weighted by atomic mass is 10.1. The Hall–Kier alpha value is -2.74. The highest BCUT2D eigenvalue weighted by Gasteiger charge is 2.24. The lowest BCUT2D eigenvalue weighted by molar-refractivity contribution is -0.135. The molecule has 2 rings (SSSR count). The molecular weight excluding hydrogens is 452 g/mol. The molecule has 0 saturated heterocycles. The number of carbonyl (C=O) groups is 1. The van der Waals surface area contributed by atoms with E-state index in [2.05, 4.69) is 18.7 Å². The van der Waals surface area contributed by atoms with E-state index < -0.39 is 10.1 Å². The van der Waals surface area contributed by atoms with Crippen LogP contribution < -0.4 is 13.8 Å². The second-order valence-corrected chi connectivity index (χ2v) is 10.5. The van der Waals surface area contributed by atoms with E-state index in [1.54, 1.807) is 23.1 Å². The Kier molecular flexibility index (Phi) is 9.79. The minimum absolute atomic E-state index is 0.0190. The van der Waals surface area contributed by atoms with Crippen molar-refractivity contribution in [1.82, 2.24) is 4.90 Å². The third-order valence-corrected chi connectivity index (χ3v) is 6.73. The summed E-state index contributed by atoms with van der Waals surface area (Å²) in [5.74, 6) is 0.904. The van der Waals surface area contributed by atoms with Crippen molar-refractivity contribution in [3.05, 3.63) is 48.0 Å². The summed E-state index contributed by atoms with van der Waals surface area (Å²) in [6.45, 7) is 14.3. The van der Waals surface area contributed by atoms with Crippen LogP contribution in [0.3, 0.4) is 0 Å². The molecule has 0 saturated carbocycles. The topological polar surface area (TPSA) is 76.2 Å². The number of benzene rings is 2. The number of methoxy groups -OCH3 is 1. The smallest absolute Gasteiger partial charge is 0.339 e. The van der Waals surface area contributed by atoms with E-state index in [1.807, 2.05) is 39.8 Å². The Labute approximate surface area is 204 Å². The summed E-state index contributed by atoms with van der Waals surface area (Å²) in [7, 11) is -2.57. The van der Waals surface area contributed by atoms with Gasteiger partial charge in [-0.1, -0.05) is 33.8 Å². The highest BCUT2D eigenvalue weighted by molar-refractivity contribution is 7.87. The molecule has 188 valence electrons. The van der Waals surface area contributed by atoms with Crippen LogP contribution >= 0.6 is 0 Å². The fraction of sp³-hybridized carbons (Fsp3) is 0.500. The maximum Gasteiger partial charge on any atom is 0.339 e. The van der Waals surface area contributed by atoms with E-state index >= 15 is 0 Å². The lowest BCUT2D eigenvalue weighted by Crippen LogP contribution is -2.36. The Morgan fingerprint density at radius 2 is 1.59 bits per heavy atom. The Morgan fingerprint density at radius 1 is 0.971 bits per heavy atom. The molecule has 0 aliphatic carbocycles. The maximum atomic E-state index is 13.1. The number of nitrogens with zero attached hydrogens (tertiary/aromatic N) is 2. The molecule has 2 aromatic rings. The van der Waals surface area contributed by atoms with Gasteiger partial charge in [0.05, 0.1) is 7.11 Å². The fourth-order valence-electron chi connectivity index (χ4n) is 3.69. The largest absolute Gasteiger partial charge is 0.497 e. The molecule has 2 aromatic carbocycles. The van der Waals surface area contributed by atoms with Crippen LogP contribution in [0.15, 0.2) is 47.4 Å². The molecule has 0 fully saturated rings. The predicted molar refractivity (Wildman–Crippen MR) is 136 cm³/mol. The average Bonchev–Trinajstić information content (AvgIpc) is 2.79. The van der Waals surface area contributed by atoms with Crippen molar-refractivity contribution in [2.75, 3.05) is 31.6 Å². The summed E-state index contributed by atoms with van der Waals surface area (Å²) in [5.41, 5.74) is 1.50. The van der Waals surface area contributed by atoms with E-state index in [0.29, 0.717) is 17.9 Å². The molecule has 0 atom stereocenters. The van der Waals surface area contributed by atoms with E-state index in [4.69, 9.17) is 8.92 Å². The van der Waals surface area contributed by atoms with Crippen LogP contribution in [-0.4, -0.2) is 46.0 Å². The third kappa shape index (κ3) is 7.13. The SMILES string of the molecule is CCN(CC)c1ccc(CN(CC(C)C)C(=O)C(C)C)c(OS(=O)(=O)c2ccc(OC)cc2)c1. The van der Waals surface area contributed by atoms with Crippen molar-refractivity contribution in [2.45, 2.75) is 53.0 Å². The summed E-state index contributed by atoms with van der Waals surface area (Å²) < 4.78 is 37.1. The van der Waals surface area contributed by atoms with Gasteiger partial charge < -0.3 is 18.7 Å². The number of rotatable bonds is 12. The molecule has 1 amide bonds. The highest BCUT2D eigenvalue weighted by Crippen LogP contribution is 2.31. The molecule has 0 unspecified atom stereocenters. The Morgan fingerprint density at radius 3 is 2.09 bits per heavy atom. The van der Waals surface area contributed by atoms with E-state index in [9.17, 15) is 13.2 Å². The summed E-state index contributed by atoms with van der Waals surface area (Å²) in [4.78, 5) is 16.8. The number of hydrogen-bond donors (Lipinski definition) is 0. The van der Waals surface area contributed by atoms with Gasteiger partial charge in [-0.25, -0.2) is 0 Å². The van der Waals surface area contributed by atoms with Crippen LogP contribution in [0.2, 0.25) is 0 Å². The van der Waals surface area contributed by atoms with Gasteiger partial charge >= 0.3 is 10.1 Å². The van der Waals surface area contributed by atoms with Gasteiger partial charge in [-0.3, -0.25) is 4.79 Å². The zero-order valence-electron chi connectivity index (χ0n) is 21.4. The summed E-state index contributed by atoms with van der Waals surface area (Å²) in [6.07, 6.45) is 0. The second-order valence-electron chi connectivity index (χ2n) is 8.94. The molecule has 0 heterocycles. The molecule has 0 spiro atoms. The van der Waals surface area contributed by atoms with Gasteiger partial charge in [-0.05, 0) is 50.1 Å². The summed E-state index contributed by atoms with van der Waals surface area (Å²) in [6, 6.07) is 11.6. The second kappa shape index (κ2) is 12.1. The van der Waals surface area contributed by atoms with E-state index in [-0.39, 0.29) is 34.9 Å². The van der Waals surface area contributed by atoms with Gasteiger partial charge in [-0.15, -0.1) is 0 Å². The molecule has 0 aliphatic heterocycles.